The van der Waals surface area contributed by atoms with Crippen LogP contribution in [0.1, 0.15) is 38.3 Å². The molecule has 0 atom stereocenters. The molecular formula is C38H36F6N5O4+. The van der Waals surface area contributed by atoms with Crippen LogP contribution in [0, 0.1) is 12.3 Å². The molecule has 278 valence electrons. The lowest BCUT2D eigenvalue weighted by molar-refractivity contribution is -0.221. The van der Waals surface area contributed by atoms with Gasteiger partial charge in [-0.15, -0.1) is 0 Å². The van der Waals surface area contributed by atoms with E-state index >= 15 is 0 Å². The topological polar surface area (TPSA) is 127 Å². The van der Waals surface area contributed by atoms with Crippen LogP contribution in [-0.2, 0) is 34.0 Å². The molecule has 9 nitrogen and oxygen atoms in total. The smallest absolute Gasteiger partial charge is 0.384 e. The third-order valence-corrected chi connectivity index (χ3v) is 8.13. The highest BCUT2D eigenvalue weighted by Gasteiger charge is 2.49. The number of carbonyl (C=O) groups is 3. The highest BCUT2D eigenvalue weighted by atomic mass is 19.4. The predicted octanol–water partition coefficient (Wildman–Crippen LogP) is 7.16. The summed E-state index contributed by atoms with van der Waals surface area (Å²) in [5, 5.41) is 12.0. The molecule has 5 rings (SSSR count). The van der Waals surface area contributed by atoms with Crippen LogP contribution in [0.2, 0.25) is 0 Å². The molecule has 4 N–H and O–H groups in total. The van der Waals surface area contributed by atoms with Gasteiger partial charge in [0.2, 0.25) is 0 Å². The zero-order chi connectivity index (χ0) is 39.1. The number of rotatable bonds is 9. The van der Waals surface area contributed by atoms with Crippen LogP contribution in [0.25, 0.3) is 10.9 Å². The van der Waals surface area contributed by atoms with E-state index in [0.717, 1.165) is 38.6 Å². The summed E-state index contributed by atoms with van der Waals surface area (Å²) in [4.78, 5) is 32.8. The summed E-state index contributed by atoms with van der Waals surface area (Å²) in [6.07, 6.45) is -11.2. The third-order valence-electron chi connectivity index (χ3n) is 8.13. The summed E-state index contributed by atoms with van der Waals surface area (Å²) in [5.41, 5.74) is 13.6. The number of nitrogens with one attached hydrogen (secondary N) is 2. The number of quaternary nitrogens is 1. The molecule has 0 saturated carbocycles. The number of hydrogen-bond donors (Lipinski definition) is 3. The molecule has 0 aliphatic carbocycles. The first-order valence-electron chi connectivity index (χ1n) is 15.9. The number of hydrogen-bond acceptors (Lipinski definition) is 5. The first kappa shape index (κ1) is 39.8. The van der Waals surface area contributed by atoms with Crippen LogP contribution >= 0.6 is 0 Å². The second-order valence-electron chi connectivity index (χ2n) is 12.6. The van der Waals surface area contributed by atoms with Crippen LogP contribution in [0.5, 0.6) is 0 Å². The van der Waals surface area contributed by atoms with Gasteiger partial charge in [-0.25, -0.2) is 9.59 Å². The highest BCUT2D eigenvalue weighted by molar-refractivity contribution is 6.00. The molecule has 1 amide bonds. The van der Waals surface area contributed by atoms with Crippen molar-refractivity contribution in [3.63, 3.8) is 0 Å². The molecule has 0 aliphatic heterocycles. The van der Waals surface area contributed by atoms with E-state index in [1.54, 1.807) is 0 Å². The minimum Gasteiger partial charge on any atom is -0.384 e. The summed E-state index contributed by atoms with van der Waals surface area (Å²) in [6, 6.07) is 34.7. The molecular weight excluding hydrogens is 704 g/mol. The lowest BCUT2D eigenvalue weighted by Crippen LogP contribution is -2.39. The first-order valence-corrected chi connectivity index (χ1v) is 15.9. The largest absolute Gasteiger partial charge is 0.491 e. The summed E-state index contributed by atoms with van der Waals surface area (Å²) in [6.45, 7) is 3.89. The molecule has 15 heteroatoms. The second-order valence-corrected chi connectivity index (χ2v) is 12.6. The van der Waals surface area contributed by atoms with Gasteiger partial charge in [-0.05, 0) is 53.9 Å². The Kier molecular flexibility index (Phi) is 12.1. The van der Waals surface area contributed by atoms with Crippen molar-refractivity contribution < 1.29 is 45.5 Å². The maximum absolute atomic E-state index is 13.5. The van der Waals surface area contributed by atoms with Crippen molar-refractivity contribution in [1.29, 1.82) is 5.41 Å². The van der Waals surface area contributed by atoms with Crippen molar-refractivity contribution in [2.75, 3.05) is 14.1 Å². The number of aromatic nitrogens is 1. The van der Waals surface area contributed by atoms with Gasteiger partial charge >= 0.3 is 24.3 Å². The molecule has 0 spiro atoms. The normalized spacial score (nSPS) is 11.7. The van der Waals surface area contributed by atoms with E-state index in [1.807, 2.05) is 53.1 Å². The van der Waals surface area contributed by atoms with Crippen molar-refractivity contribution in [2.45, 2.75) is 38.9 Å². The van der Waals surface area contributed by atoms with Crippen LogP contribution in [0.3, 0.4) is 0 Å². The van der Waals surface area contributed by atoms with Gasteiger partial charge in [-0.2, -0.15) is 26.3 Å². The lowest BCUT2D eigenvalue weighted by Gasteiger charge is -2.29. The van der Waals surface area contributed by atoms with Crippen molar-refractivity contribution in [3.8, 4) is 0 Å². The molecule has 0 radical (unpaired) electrons. The number of alkyl halides is 6. The Morgan fingerprint density at radius 1 is 0.774 bits per heavy atom. The van der Waals surface area contributed by atoms with Gasteiger partial charge in [0.25, 0.3) is 5.91 Å². The van der Waals surface area contributed by atoms with E-state index in [2.05, 4.69) is 85.7 Å². The Hall–Kier alpha value is -5.96. The standard InChI is InChI=1S/C34H35N5O.C4F6O3/c1-24-9-7-14-31-30(24)20-32(38(31)22-27-12-8-13-28(19-27)33(35)36)34(40)37-21-25-15-17-29(18-16-25)39(2,3)23-26-10-5-4-6-11-26;5-3(6,7)1(11)13-2(12)4(8,9)10/h4-20H,21-23H2,1-3H3,(H3-,35,36,37,40);/p+1. The fourth-order valence-electron chi connectivity index (χ4n) is 5.43. The Labute approximate surface area is 300 Å². The average molecular weight is 741 g/mol. The minimum absolute atomic E-state index is 0.0290. The van der Waals surface area contributed by atoms with E-state index in [1.165, 1.54) is 11.3 Å². The average Bonchev–Trinajstić information content (AvgIpc) is 3.46. The zero-order valence-electron chi connectivity index (χ0n) is 28.8. The van der Waals surface area contributed by atoms with Gasteiger partial charge in [-0.1, -0.05) is 72.8 Å². The van der Waals surface area contributed by atoms with Gasteiger partial charge in [0, 0.05) is 35.1 Å². The number of esters is 2. The number of nitrogen functional groups attached to an aromatic ring is 1. The van der Waals surface area contributed by atoms with Crippen molar-refractivity contribution in [3.05, 3.63) is 137 Å². The Bertz CT molecular complexity index is 2080. The van der Waals surface area contributed by atoms with Crippen molar-refractivity contribution >= 4 is 40.3 Å². The van der Waals surface area contributed by atoms with Crippen LogP contribution < -0.4 is 15.5 Å². The quantitative estimate of drug-likeness (QED) is 0.0369. The van der Waals surface area contributed by atoms with E-state index in [0.29, 0.717) is 24.3 Å². The summed E-state index contributed by atoms with van der Waals surface area (Å²) in [5.74, 6) is -6.49. The Balaban J connectivity index is 0.000000413. The number of nitrogens with zero attached hydrogens (tertiary/aromatic N) is 2. The summed E-state index contributed by atoms with van der Waals surface area (Å²) >= 11 is 0. The monoisotopic (exact) mass is 740 g/mol. The summed E-state index contributed by atoms with van der Waals surface area (Å²) in [7, 11) is 4.41. The van der Waals surface area contributed by atoms with Gasteiger partial charge in [-0.3, -0.25) is 14.7 Å². The maximum Gasteiger partial charge on any atom is 0.491 e. The molecule has 0 unspecified atom stereocenters. The van der Waals surface area contributed by atoms with Crippen LogP contribution in [0.4, 0.5) is 32.0 Å². The predicted molar refractivity (Wildman–Crippen MR) is 188 cm³/mol. The molecule has 1 heterocycles. The molecule has 0 aliphatic rings. The fourth-order valence-corrected chi connectivity index (χ4v) is 5.43. The van der Waals surface area contributed by atoms with E-state index in [-0.39, 0.29) is 11.7 Å². The molecule has 1 aromatic heterocycles. The minimum atomic E-state index is -5.62. The van der Waals surface area contributed by atoms with Crippen LogP contribution in [0.15, 0.2) is 103 Å². The summed E-state index contributed by atoms with van der Waals surface area (Å²) < 4.78 is 72.5. The van der Waals surface area contributed by atoms with Gasteiger partial charge in [0.15, 0.2) is 0 Å². The number of amides is 1. The number of benzene rings is 4. The first-order chi connectivity index (χ1) is 24.8. The Morgan fingerprint density at radius 2 is 1.36 bits per heavy atom. The van der Waals surface area contributed by atoms with Gasteiger partial charge in [0.1, 0.15) is 23.8 Å². The number of amidine groups is 1. The van der Waals surface area contributed by atoms with Crippen molar-refractivity contribution in [1.82, 2.24) is 14.4 Å². The molecule has 0 fully saturated rings. The third kappa shape index (κ3) is 10.5. The number of aryl methyl sites for hydroxylation is 1. The maximum atomic E-state index is 13.5. The molecule has 5 aromatic rings. The number of halogens is 6. The molecule has 0 saturated heterocycles. The number of ether oxygens (including phenoxy) is 1. The molecule has 4 aromatic carbocycles. The fraction of sp³-hybridized carbons (Fsp3) is 0.211. The number of nitrogens with two attached hydrogens (primary N) is 1. The van der Waals surface area contributed by atoms with Gasteiger partial charge < -0.3 is 20.4 Å². The SMILES string of the molecule is Cc1cccc2c1cc(C(=O)NCc1ccc([N+](C)(C)Cc3ccccc3)cc1)n2Cc1cccc(C(=N)N)c1.O=C(OC(=O)C(F)(F)F)C(F)(F)F. The lowest BCUT2D eigenvalue weighted by atomic mass is 10.1. The van der Waals surface area contributed by atoms with E-state index < -0.39 is 24.3 Å². The zero-order valence-corrected chi connectivity index (χ0v) is 28.8. The van der Waals surface area contributed by atoms with Crippen LogP contribution in [-0.4, -0.2) is 54.7 Å². The van der Waals surface area contributed by atoms with E-state index in [4.69, 9.17) is 11.1 Å². The van der Waals surface area contributed by atoms with Crippen molar-refractivity contribution in [2.24, 2.45) is 5.73 Å². The molecule has 0 bridgehead atoms. The highest BCUT2D eigenvalue weighted by Crippen LogP contribution is 2.26. The second kappa shape index (κ2) is 16.2. The Morgan fingerprint density at radius 3 is 1.94 bits per heavy atom. The van der Waals surface area contributed by atoms with Gasteiger partial charge in [0.05, 0.1) is 14.1 Å². The number of carbonyl (C=O) groups excluding carboxylic acids is 3. The van der Waals surface area contributed by atoms with E-state index in [9.17, 15) is 40.7 Å². The number of fused-ring (bicyclic) bond motifs is 1. The molecule has 53 heavy (non-hydrogen) atoms.